The Balaban J connectivity index is 1.97. The van der Waals surface area contributed by atoms with E-state index in [0.29, 0.717) is 23.1 Å². The largest absolute Gasteiger partial charge is 0.382 e. The number of hydrogen-bond acceptors (Lipinski definition) is 7. The Morgan fingerprint density at radius 2 is 1.94 bits per heavy atom. The Kier molecular flexibility index (Phi) is 5.62. The van der Waals surface area contributed by atoms with Crippen molar-refractivity contribution in [2.45, 2.75) is 19.4 Å². The summed E-state index contributed by atoms with van der Waals surface area (Å²) in [7, 11) is 0. The van der Waals surface area contributed by atoms with Crippen LogP contribution in [0.5, 0.6) is 0 Å². The van der Waals surface area contributed by atoms with E-state index in [9.17, 15) is 18.8 Å². The second-order valence-corrected chi connectivity index (χ2v) is 7.34. The molecular formula is C23H19F2N7O. The van der Waals surface area contributed by atoms with E-state index < -0.39 is 23.2 Å². The lowest BCUT2D eigenvalue weighted by molar-refractivity contribution is 0.617. The summed E-state index contributed by atoms with van der Waals surface area (Å²) in [6.07, 6.45) is 1.53. The van der Waals surface area contributed by atoms with Gasteiger partial charge in [0.25, 0.3) is 5.56 Å². The fourth-order valence-electron chi connectivity index (χ4n) is 3.74. The second-order valence-electron chi connectivity index (χ2n) is 7.34. The highest BCUT2D eigenvalue weighted by Gasteiger charge is 2.23. The maximum Gasteiger partial charge on any atom is 0.263 e. The van der Waals surface area contributed by atoms with Gasteiger partial charge in [-0.05, 0) is 47.9 Å². The third-order valence-electron chi connectivity index (χ3n) is 5.24. The van der Waals surface area contributed by atoms with Gasteiger partial charge in [0.05, 0.1) is 11.6 Å². The van der Waals surface area contributed by atoms with Gasteiger partial charge in [-0.15, -0.1) is 0 Å². The number of benzene rings is 1. The zero-order valence-corrected chi connectivity index (χ0v) is 17.5. The highest BCUT2D eigenvalue weighted by atomic mass is 19.1. The maximum atomic E-state index is 14.0. The highest BCUT2D eigenvalue weighted by molar-refractivity contribution is 5.72. The lowest BCUT2D eigenvalue weighted by Crippen LogP contribution is -2.22. The van der Waals surface area contributed by atoms with Crippen molar-refractivity contribution in [3.63, 3.8) is 0 Å². The summed E-state index contributed by atoms with van der Waals surface area (Å²) in [6.45, 7) is 1.86. The molecule has 1 atom stereocenters. The zero-order valence-electron chi connectivity index (χ0n) is 17.5. The first-order valence-electron chi connectivity index (χ1n) is 10.0. The van der Waals surface area contributed by atoms with Crippen molar-refractivity contribution in [1.29, 1.82) is 5.26 Å². The smallest absolute Gasteiger partial charge is 0.263 e. The van der Waals surface area contributed by atoms with Crippen LogP contribution in [-0.2, 0) is 0 Å². The molecule has 0 fully saturated rings. The summed E-state index contributed by atoms with van der Waals surface area (Å²) in [6, 6.07) is 11.4. The number of rotatable bonds is 5. The van der Waals surface area contributed by atoms with Gasteiger partial charge in [-0.1, -0.05) is 19.1 Å². The summed E-state index contributed by atoms with van der Waals surface area (Å²) < 4.78 is 29.1. The minimum Gasteiger partial charge on any atom is -0.382 e. The molecule has 3 aromatic heterocycles. The van der Waals surface area contributed by atoms with Crippen LogP contribution in [0, 0.1) is 23.0 Å². The highest BCUT2D eigenvalue weighted by Crippen LogP contribution is 2.32. The Morgan fingerprint density at radius 3 is 2.64 bits per heavy atom. The number of nitrogens with one attached hydrogen (secondary N) is 1. The van der Waals surface area contributed by atoms with E-state index in [2.05, 4.69) is 15.3 Å². The summed E-state index contributed by atoms with van der Waals surface area (Å²) >= 11 is 0. The van der Waals surface area contributed by atoms with Crippen LogP contribution in [0.2, 0.25) is 0 Å². The molecule has 4 aromatic rings. The first-order chi connectivity index (χ1) is 15.8. The molecule has 8 nitrogen and oxygen atoms in total. The first-order valence-corrected chi connectivity index (χ1v) is 10.0. The van der Waals surface area contributed by atoms with Crippen LogP contribution in [0.3, 0.4) is 0 Å². The molecule has 33 heavy (non-hydrogen) atoms. The molecule has 1 aromatic carbocycles. The van der Waals surface area contributed by atoms with Crippen LogP contribution in [0.15, 0.2) is 53.5 Å². The van der Waals surface area contributed by atoms with Gasteiger partial charge in [-0.2, -0.15) is 15.2 Å². The lowest BCUT2D eigenvalue weighted by atomic mass is 9.94. The van der Waals surface area contributed by atoms with E-state index in [4.69, 9.17) is 11.5 Å². The van der Waals surface area contributed by atoms with Gasteiger partial charge >= 0.3 is 0 Å². The van der Waals surface area contributed by atoms with E-state index in [-0.39, 0.29) is 28.7 Å². The number of nitrogens with two attached hydrogens (primary N) is 2. The number of anilines is 3. The Hall–Kier alpha value is -4.52. The molecule has 10 heteroatoms. The van der Waals surface area contributed by atoms with Gasteiger partial charge < -0.3 is 16.8 Å². The standard InChI is InChI=1S/C23H19F2N7O/c1-2-18(29-21-17(10-26)20(27)30-23(28)31-21)16-9-15-7-6-14(25)11-32(15)22(33)19(16)12-4-3-5-13(24)8-12/h3-9,11,18H,2H2,1H3,(H5,27,28,29,30,31)/t18-/m1/s1. The van der Waals surface area contributed by atoms with Crippen molar-refractivity contribution in [2.24, 2.45) is 0 Å². The van der Waals surface area contributed by atoms with Gasteiger partial charge in [-0.3, -0.25) is 9.20 Å². The summed E-state index contributed by atoms with van der Waals surface area (Å²) in [5, 5.41) is 12.6. The van der Waals surface area contributed by atoms with Crippen molar-refractivity contribution in [2.75, 3.05) is 16.8 Å². The SMILES string of the molecule is CC[C@@H](Nc1nc(N)nc(N)c1C#N)c1cc2ccc(F)cn2c(=O)c1-c1cccc(F)c1. The number of nitrogens with zero attached hydrogens (tertiary/aromatic N) is 4. The monoisotopic (exact) mass is 447 g/mol. The number of nitrogen functional groups attached to an aromatic ring is 2. The normalized spacial score (nSPS) is 11.8. The number of aromatic nitrogens is 3. The van der Waals surface area contributed by atoms with E-state index in [1.165, 1.54) is 34.7 Å². The molecule has 0 aliphatic carbocycles. The molecule has 0 bridgehead atoms. The summed E-state index contributed by atoms with van der Waals surface area (Å²) in [4.78, 5) is 21.3. The second kappa shape index (κ2) is 8.55. The number of pyridine rings is 2. The molecular weight excluding hydrogens is 428 g/mol. The predicted octanol–water partition coefficient (Wildman–Crippen LogP) is 3.63. The quantitative estimate of drug-likeness (QED) is 0.425. The molecule has 5 N–H and O–H groups in total. The van der Waals surface area contributed by atoms with Crippen LogP contribution in [0.25, 0.3) is 16.6 Å². The van der Waals surface area contributed by atoms with Crippen LogP contribution >= 0.6 is 0 Å². The minimum absolute atomic E-state index is 0.00883. The van der Waals surface area contributed by atoms with Gasteiger partial charge in [0.2, 0.25) is 5.95 Å². The van der Waals surface area contributed by atoms with Gasteiger partial charge in [0.15, 0.2) is 5.82 Å². The Labute approximate surface area is 187 Å². The number of halogens is 2. The van der Waals surface area contributed by atoms with Gasteiger partial charge in [0, 0.05) is 11.7 Å². The maximum absolute atomic E-state index is 14.0. The fraction of sp³-hybridized carbons (Fsp3) is 0.130. The van der Waals surface area contributed by atoms with Crippen molar-refractivity contribution >= 4 is 23.1 Å². The molecule has 3 heterocycles. The average molecular weight is 447 g/mol. The van der Waals surface area contributed by atoms with Gasteiger partial charge in [-0.25, -0.2) is 8.78 Å². The molecule has 0 amide bonds. The van der Waals surface area contributed by atoms with Gasteiger partial charge in [0.1, 0.15) is 29.1 Å². The predicted molar refractivity (Wildman–Crippen MR) is 121 cm³/mol. The van der Waals surface area contributed by atoms with Crippen LogP contribution in [0.1, 0.15) is 30.5 Å². The molecule has 0 spiro atoms. The average Bonchev–Trinajstić information content (AvgIpc) is 2.77. The topological polar surface area (TPSA) is 135 Å². The number of nitriles is 1. The fourth-order valence-corrected chi connectivity index (χ4v) is 3.74. The third-order valence-corrected chi connectivity index (χ3v) is 5.24. The Bertz CT molecular complexity index is 1480. The summed E-state index contributed by atoms with van der Waals surface area (Å²) in [5.41, 5.74) is 12.5. The van der Waals surface area contributed by atoms with Crippen molar-refractivity contribution in [3.8, 4) is 17.2 Å². The van der Waals surface area contributed by atoms with Crippen LogP contribution < -0.4 is 22.3 Å². The molecule has 4 rings (SSSR count). The molecule has 0 aliphatic rings. The van der Waals surface area contributed by atoms with Crippen molar-refractivity contribution < 1.29 is 8.78 Å². The number of fused-ring (bicyclic) bond motifs is 1. The van der Waals surface area contributed by atoms with Crippen molar-refractivity contribution in [1.82, 2.24) is 14.4 Å². The molecule has 0 radical (unpaired) electrons. The Morgan fingerprint density at radius 1 is 1.15 bits per heavy atom. The molecule has 0 aliphatic heterocycles. The first kappa shape index (κ1) is 21.7. The van der Waals surface area contributed by atoms with E-state index >= 15 is 0 Å². The van der Waals surface area contributed by atoms with Crippen LogP contribution in [-0.4, -0.2) is 14.4 Å². The minimum atomic E-state index is -0.585. The van der Waals surface area contributed by atoms with Crippen LogP contribution in [0.4, 0.5) is 26.4 Å². The van der Waals surface area contributed by atoms with Crippen molar-refractivity contribution in [3.05, 3.63) is 81.8 Å². The molecule has 0 saturated heterocycles. The van der Waals surface area contributed by atoms with E-state index in [1.807, 2.05) is 13.0 Å². The zero-order chi connectivity index (χ0) is 23.7. The molecule has 0 unspecified atom stereocenters. The van der Waals surface area contributed by atoms with E-state index in [0.717, 1.165) is 6.20 Å². The number of hydrogen-bond donors (Lipinski definition) is 3. The molecule has 0 saturated carbocycles. The third kappa shape index (κ3) is 4.04. The lowest BCUT2D eigenvalue weighted by Gasteiger charge is -2.23. The molecule has 166 valence electrons. The van der Waals surface area contributed by atoms with E-state index in [1.54, 1.807) is 12.1 Å². The summed E-state index contributed by atoms with van der Waals surface area (Å²) in [5.74, 6) is -1.20.